The molecule has 1 aliphatic carbocycles. The smallest absolute Gasteiger partial charge is 0.119 e. The maximum Gasteiger partial charge on any atom is 0.119 e. The van der Waals surface area contributed by atoms with E-state index in [4.69, 9.17) is 0 Å². The van der Waals surface area contributed by atoms with Gasteiger partial charge in [0.15, 0.2) is 0 Å². The average molecular weight is 219 g/mol. The SMILES string of the molecule is CCCN[C@H]1Cc2c(O)cccc2C[C@H]1C. The van der Waals surface area contributed by atoms with Gasteiger partial charge in [0.25, 0.3) is 0 Å². The Kier molecular flexibility index (Phi) is 3.49. The third-order valence-corrected chi connectivity index (χ3v) is 3.56. The maximum absolute atomic E-state index is 9.86. The molecule has 1 aliphatic rings. The molecule has 0 unspecified atom stereocenters. The van der Waals surface area contributed by atoms with Crippen LogP contribution >= 0.6 is 0 Å². The minimum Gasteiger partial charge on any atom is -0.508 e. The zero-order valence-corrected chi connectivity index (χ0v) is 10.2. The lowest BCUT2D eigenvalue weighted by molar-refractivity contribution is 0.345. The van der Waals surface area contributed by atoms with Crippen LogP contribution < -0.4 is 5.32 Å². The van der Waals surface area contributed by atoms with Gasteiger partial charge >= 0.3 is 0 Å². The lowest BCUT2D eigenvalue weighted by Gasteiger charge is -2.32. The monoisotopic (exact) mass is 219 g/mol. The third kappa shape index (κ3) is 2.22. The van der Waals surface area contributed by atoms with Gasteiger partial charge in [-0.2, -0.15) is 0 Å². The van der Waals surface area contributed by atoms with Crippen molar-refractivity contribution in [3.8, 4) is 5.75 Å². The third-order valence-electron chi connectivity index (χ3n) is 3.56. The molecular formula is C14H21NO. The van der Waals surface area contributed by atoms with Gasteiger partial charge in [0.2, 0.25) is 0 Å². The molecule has 0 heterocycles. The number of nitrogens with one attached hydrogen (secondary N) is 1. The summed E-state index contributed by atoms with van der Waals surface area (Å²) < 4.78 is 0. The van der Waals surface area contributed by atoms with Crippen molar-refractivity contribution in [2.45, 2.75) is 39.2 Å². The number of benzene rings is 1. The first kappa shape index (κ1) is 11.5. The molecule has 1 aromatic carbocycles. The van der Waals surface area contributed by atoms with Gasteiger partial charge in [-0.15, -0.1) is 0 Å². The van der Waals surface area contributed by atoms with E-state index in [-0.39, 0.29) is 0 Å². The van der Waals surface area contributed by atoms with Crippen LogP contribution in [0.3, 0.4) is 0 Å². The molecule has 16 heavy (non-hydrogen) atoms. The standard InChI is InChI=1S/C14H21NO/c1-3-7-15-13-9-12-11(8-10(13)2)5-4-6-14(12)16/h4-6,10,13,15-16H,3,7-9H2,1-2H3/t10-,13+/m1/s1. The van der Waals surface area contributed by atoms with Gasteiger partial charge in [-0.1, -0.05) is 26.0 Å². The minimum absolute atomic E-state index is 0.465. The van der Waals surface area contributed by atoms with Gasteiger partial charge in [0.1, 0.15) is 5.75 Å². The second kappa shape index (κ2) is 4.88. The molecule has 88 valence electrons. The van der Waals surface area contributed by atoms with E-state index in [9.17, 15) is 5.11 Å². The second-order valence-corrected chi connectivity index (χ2v) is 4.86. The molecule has 0 aromatic heterocycles. The fourth-order valence-electron chi connectivity index (χ4n) is 2.56. The van der Waals surface area contributed by atoms with Crippen molar-refractivity contribution >= 4 is 0 Å². The molecule has 0 radical (unpaired) electrons. The molecule has 2 atom stereocenters. The lowest BCUT2D eigenvalue weighted by atomic mass is 9.80. The highest BCUT2D eigenvalue weighted by atomic mass is 16.3. The van der Waals surface area contributed by atoms with Crippen molar-refractivity contribution in [1.29, 1.82) is 0 Å². The van der Waals surface area contributed by atoms with E-state index in [2.05, 4.69) is 25.2 Å². The number of phenols is 1. The first-order valence-corrected chi connectivity index (χ1v) is 6.25. The number of rotatable bonds is 3. The molecular weight excluding hydrogens is 198 g/mol. The number of aromatic hydroxyl groups is 1. The second-order valence-electron chi connectivity index (χ2n) is 4.86. The molecule has 0 spiro atoms. The van der Waals surface area contributed by atoms with E-state index in [1.54, 1.807) is 6.07 Å². The van der Waals surface area contributed by atoms with Gasteiger partial charge < -0.3 is 10.4 Å². The Morgan fingerprint density at radius 1 is 1.38 bits per heavy atom. The Balaban J connectivity index is 2.16. The summed E-state index contributed by atoms with van der Waals surface area (Å²) in [5.41, 5.74) is 2.47. The van der Waals surface area contributed by atoms with Crippen molar-refractivity contribution < 1.29 is 5.11 Å². The Morgan fingerprint density at radius 2 is 2.19 bits per heavy atom. The normalized spacial score (nSPS) is 24.1. The lowest BCUT2D eigenvalue weighted by Crippen LogP contribution is -2.41. The van der Waals surface area contributed by atoms with Crippen LogP contribution in [0.4, 0.5) is 0 Å². The van der Waals surface area contributed by atoms with Crippen LogP contribution in [-0.4, -0.2) is 17.7 Å². The highest BCUT2D eigenvalue weighted by molar-refractivity contribution is 5.41. The summed E-state index contributed by atoms with van der Waals surface area (Å²) in [6.45, 7) is 5.55. The molecule has 0 saturated heterocycles. The van der Waals surface area contributed by atoms with Crippen molar-refractivity contribution in [2.24, 2.45) is 5.92 Å². The fraction of sp³-hybridized carbons (Fsp3) is 0.571. The Morgan fingerprint density at radius 3 is 2.94 bits per heavy atom. The maximum atomic E-state index is 9.86. The largest absolute Gasteiger partial charge is 0.508 e. The predicted molar refractivity (Wildman–Crippen MR) is 66.8 cm³/mol. The van der Waals surface area contributed by atoms with Gasteiger partial charge in [0, 0.05) is 6.04 Å². The summed E-state index contributed by atoms with van der Waals surface area (Å²) >= 11 is 0. The zero-order valence-electron chi connectivity index (χ0n) is 10.2. The van der Waals surface area contributed by atoms with Crippen LogP contribution in [0, 0.1) is 5.92 Å². The van der Waals surface area contributed by atoms with Gasteiger partial charge in [-0.05, 0) is 48.9 Å². The molecule has 2 heteroatoms. The highest BCUT2D eigenvalue weighted by Crippen LogP contribution is 2.31. The summed E-state index contributed by atoms with van der Waals surface area (Å²) in [6, 6.07) is 6.40. The van der Waals surface area contributed by atoms with Crippen LogP contribution in [0.15, 0.2) is 18.2 Å². The van der Waals surface area contributed by atoms with E-state index >= 15 is 0 Å². The molecule has 2 N–H and O–H groups in total. The Hall–Kier alpha value is -1.02. The van der Waals surface area contributed by atoms with E-state index in [0.29, 0.717) is 17.7 Å². The molecule has 0 saturated carbocycles. The number of hydrogen-bond donors (Lipinski definition) is 2. The van der Waals surface area contributed by atoms with Crippen LogP contribution in [0.2, 0.25) is 0 Å². The summed E-state index contributed by atoms with van der Waals surface area (Å²) in [7, 11) is 0. The summed E-state index contributed by atoms with van der Waals surface area (Å²) in [5, 5.41) is 13.4. The molecule has 0 amide bonds. The van der Waals surface area contributed by atoms with Crippen molar-refractivity contribution in [3.63, 3.8) is 0 Å². The van der Waals surface area contributed by atoms with Gasteiger partial charge in [0.05, 0.1) is 0 Å². The number of fused-ring (bicyclic) bond motifs is 1. The van der Waals surface area contributed by atoms with Crippen molar-refractivity contribution in [2.75, 3.05) is 6.54 Å². The van der Waals surface area contributed by atoms with E-state index in [0.717, 1.165) is 31.4 Å². The zero-order chi connectivity index (χ0) is 11.5. The number of phenolic OH excluding ortho intramolecular Hbond substituents is 1. The summed E-state index contributed by atoms with van der Waals surface area (Å²) in [5.74, 6) is 1.12. The van der Waals surface area contributed by atoms with E-state index in [1.807, 2.05) is 6.07 Å². The van der Waals surface area contributed by atoms with Crippen LogP contribution in [0.25, 0.3) is 0 Å². The molecule has 0 fully saturated rings. The summed E-state index contributed by atoms with van der Waals surface area (Å²) in [6.07, 6.45) is 3.20. The Bertz CT molecular complexity index is 362. The van der Waals surface area contributed by atoms with Crippen molar-refractivity contribution in [1.82, 2.24) is 5.32 Å². The van der Waals surface area contributed by atoms with Gasteiger partial charge in [-0.3, -0.25) is 0 Å². The van der Waals surface area contributed by atoms with Crippen LogP contribution in [-0.2, 0) is 12.8 Å². The van der Waals surface area contributed by atoms with Crippen molar-refractivity contribution in [3.05, 3.63) is 29.3 Å². The number of hydrogen-bond acceptors (Lipinski definition) is 2. The van der Waals surface area contributed by atoms with Gasteiger partial charge in [-0.25, -0.2) is 0 Å². The first-order chi connectivity index (χ1) is 7.72. The minimum atomic E-state index is 0.465. The summed E-state index contributed by atoms with van der Waals surface area (Å²) in [4.78, 5) is 0. The van der Waals surface area contributed by atoms with Crippen LogP contribution in [0.1, 0.15) is 31.4 Å². The molecule has 0 aliphatic heterocycles. The molecule has 1 aromatic rings. The Labute approximate surface area is 97.7 Å². The predicted octanol–water partition coefficient (Wildman–Crippen LogP) is 2.50. The average Bonchev–Trinajstić information content (AvgIpc) is 2.27. The van der Waals surface area contributed by atoms with E-state index < -0.39 is 0 Å². The molecule has 2 rings (SSSR count). The fourth-order valence-corrected chi connectivity index (χ4v) is 2.56. The molecule has 0 bridgehead atoms. The first-order valence-electron chi connectivity index (χ1n) is 6.25. The quantitative estimate of drug-likeness (QED) is 0.818. The van der Waals surface area contributed by atoms with Crippen LogP contribution in [0.5, 0.6) is 5.75 Å². The topological polar surface area (TPSA) is 32.3 Å². The van der Waals surface area contributed by atoms with E-state index in [1.165, 1.54) is 5.56 Å². The molecule has 2 nitrogen and oxygen atoms in total. The highest BCUT2D eigenvalue weighted by Gasteiger charge is 2.26.